The molecule has 0 saturated carbocycles. The van der Waals surface area contributed by atoms with Crippen LogP contribution in [0.1, 0.15) is 64.9 Å². The molecule has 6 atom stereocenters. The van der Waals surface area contributed by atoms with Gasteiger partial charge in [0.05, 0.1) is 19.0 Å². The molecule has 0 aromatic heterocycles. The molecule has 21 heteroatoms. The van der Waals surface area contributed by atoms with Crippen LogP contribution < -0.4 is 49.1 Å². The van der Waals surface area contributed by atoms with E-state index >= 15 is 0 Å². The van der Waals surface area contributed by atoms with Crippen molar-refractivity contribution in [2.24, 2.45) is 23.1 Å². The Bertz CT molecular complexity index is 1520. The SMILES string of the molecule is CC(C)[C@H](NC(=O)[C@H](CC(=O)O)NC(=O)CNC(=O)[C@H](C)NC(=O)[C@H](CCC(N)=O)NC(=O)[C@@H](N)CCCCN)C(=O)N[C@@H](Cc1ccc(O)cc1)C(=O)O. The van der Waals surface area contributed by atoms with Gasteiger partial charge in [0.1, 0.15) is 36.0 Å². The van der Waals surface area contributed by atoms with Crippen LogP contribution in [-0.4, -0.2) is 118 Å². The van der Waals surface area contributed by atoms with Crippen LogP contribution in [0.25, 0.3) is 0 Å². The second-order valence-electron chi connectivity index (χ2n) is 13.1. The molecule has 0 spiro atoms. The first-order valence-electron chi connectivity index (χ1n) is 17.5. The fraction of sp³-hybridized carbons (Fsp3) is 0.559. The van der Waals surface area contributed by atoms with Crippen molar-refractivity contribution in [3.63, 3.8) is 0 Å². The van der Waals surface area contributed by atoms with Crippen molar-refractivity contribution in [3.8, 4) is 5.75 Å². The van der Waals surface area contributed by atoms with Gasteiger partial charge in [-0.3, -0.25) is 38.4 Å². The number of carboxylic acids is 2. The molecular formula is C34H53N9O12. The van der Waals surface area contributed by atoms with E-state index in [0.29, 0.717) is 24.9 Å². The van der Waals surface area contributed by atoms with Gasteiger partial charge in [0, 0.05) is 12.8 Å². The lowest BCUT2D eigenvalue weighted by Gasteiger charge is -2.26. The number of benzene rings is 1. The van der Waals surface area contributed by atoms with Gasteiger partial charge < -0.3 is 64.4 Å². The van der Waals surface area contributed by atoms with E-state index in [0.717, 1.165) is 0 Å². The Kier molecular flexibility index (Phi) is 20.4. The maximum Gasteiger partial charge on any atom is 0.326 e. The number of aliphatic carboxylic acids is 2. The molecule has 0 fully saturated rings. The van der Waals surface area contributed by atoms with E-state index in [1.807, 2.05) is 0 Å². The van der Waals surface area contributed by atoms with Crippen molar-refractivity contribution in [1.29, 1.82) is 0 Å². The quantitative estimate of drug-likeness (QED) is 0.0428. The van der Waals surface area contributed by atoms with Gasteiger partial charge in [0.2, 0.25) is 41.4 Å². The van der Waals surface area contributed by atoms with Crippen LogP contribution >= 0.6 is 0 Å². The van der Waals surface area contributed by atoms with Gasteiger partial charge in [-0.25, -0.2) is 4.79 Å². The Morgan fingerprint density at radius 1 is 0.709 bits per heavy atom. The average molecular weight is 780 g/mol. The summed E-state index contributed by atoms with van der Waals surface area (Å²) in [5.41, 5.74) is 17.0. The highest BCUT2D eigenvalue weighted by Gasteiger charge is 2.33. The second-order valence-corrected chi connectivity index (χ2v) is 13.1. The molecule has 1 rings (SSSR count). The number of hydrogen-bond donors (Lipinski definition) is 12. The third-order valence-corrected chi connectivity index (χ3v) is 8.06. The lowest BCUT2D eigenvalue weighted by Crippen LogP contribution is -2.58. The molecule has 0 aliphatic carbocycles. The molecule has 21 nitrogen and oxygen atoms in total. The Morgan fingerprint density at radius 2 is 1.31 bits per heavy atom. The summed E-state index contributed by atoms with van der Waals surface area (Å²) in [5, 5.41) is 42.4. The van der Waals surface area contributed by atoms with E-state index < -0.39 is 108 Å². The van der Waals surface area contributed by atoms with Crippen LogP contribution in [-0.2, 0) is 49.6 Å². The first-order chi connectivity index (χ1) is 25.7. The molecule has 7 amide bonds. The van der Waals surface area contributed by atoms with Crippen molar-refractivity contribution in [2.45, 2.75) is 102 Å². The molecule has 0 radical (unpaired) electrons. The average Bonchev–Trinajstić information content (AvgIpc) is 3.10. The summed E-state index contributed by atoms with van der Waals surface area (Å²) in [6.45, 7) is 3.95. The largest absolute Gasteiger partial charge is 0.508 e. The molecule has 15 N–H and O–H groups in total. The number of phenolic OH excluding ortho intramolecular Hbond substituents is 1. The van der Waals surface area contributed by atoms with Crippen LogP contribution in [0, 0.1) is 5.92 Å². The van der Waals surface area contributed by atoms with Crippen molar-refractivity contribution < 1.29 is 58.5 Å². The predicted molar refractivity (Wildman–Crippen MR) is 194 cm³/mol. The smallest absolute Gasteiger partial charge is 0.326 e. The molecule has 0 unspecified atom stereocenters. The van der Waals surface area contributed by atoms with Gasteiger partial charge in [-0.05, 0) is 56.3 Å². The molecule has 0 bridgehead atoms. The van der Waals surface area contributed by atoms with Crippen molar-refractivity contribution >= 4 is 53.3 Å². The number of carboxylic acid groups (broad SMARTS) is 2. The fourth-order valence-corrected chi connectivity index (χ4v) is 4.92. The molecular weight excluding hydrogens is 726 g/mol. The van der Waals surface area contributed by atoms with Crippen LogP contribution in [0.4, 0.5) is 0 Å². The molecule has 0 saturated heterocycles. The Labute approximate surface area is 317 Å². The zero-order valence-corrected chi connectivity index (χ0v) is 31.0. The highest BCUT2D eigenvalue weighted by Crippen LogP contribution is 2.12. The Morgan fingerprint density at radius 3 is 1.85 bits per heavy atom. The molecule has 0 heterocycles. The lowest BCUT2D eigenvalue weighted by molar-refractivity contribution is -0.143. The monoisotopic (exact) mass is 779 g/mol. The Balaban J connectivity index is 2.89. The van der Waals surface area contributed by atoms with Crippen LogP contribution in [0.2, 0.25) is 0 Å². The van der Waals surface area contributed by atoms with Gasteiger partial charge in [-0.1, -0.05) is 32.4 Å². The zero-order valence-electron chi connectivity index (χ0n) is 31.0. The number of carbonyl (C=O) groups is 9. The number of carbonyl (C=O) groups excluding carboxylic acids is 7. The zero-order chi connectivity index (χ0) is 41.8. The number of nitrogens with two attached hydrogens (primary N) is 3. The highest BCUT2D eigenvalue weighted by atomic mass is 16.4. The first-order valence-corrected chi connectivity index (χ1v) is 17.5. The van der Waals surface area contributed by atoms with E-state index in [9.17, 15) is 58.5 Å². The summed E-state index contributed by atoms with van der Waals surface area (Å²) in [4.78, 5) is 112. The minimum atomic E-state index is -1.74. The topological polar surface area (TPSA) is 365 Å². The number of hydrogen-bond acceptors (Lipinski definition) is 12. The second kappa shape index (κ2) is 23.8. The summed E-state index contributed by atoms with van der Waals surface area (Å²) in [6.07, 6.45) is -0.105. The number of rotatable bonds is 25. The summed E-state index contributed by atoms with van der Waals surface area (Å²) in [5.74, 6) is -9.74. The number of aromatic hydroxyl groups is 1. The summed E-state index contributed by atoms with van der Waals surface area (Å²) < 4.78 is 0. The van der Waals surface area contributed by atoms with Crippen molar-refractivity contribution in [1.82, 2.24) is 31.9 Å². The van der Waals surface area contributed by atoms with Gasteiger partial charge in [0.15, 0.2) is 0 Å². The van der Waals surface area contributed by atoms with E-state index in [1.165, 1.54) is 45.0 Å². The first kappa shape index (κ1) is 47.2. The third-order valence-electron chi connectivity index (χ3n) is 8.06. The molecule has 1 aromatic carbocycles. The number of unbranched alkanes of at least 4 members (excludes halogenated alkanes) is 1. The molecule has 55 heavy (non-hydrogen) atoms. The molecule has 1 aromatic rings. The summed E-state index contributed by atoms with van der Waals surface area (Å²) >= 11 is 0. The minimum absolute atomic E-state index is 0.0472. The van der Waals surface area contributed by atoms with E-state index in [4.69, 9.17) is 17.2 Å². The van der Waals surface area contributed by atoms with Gasteiger partial charge in [-0.2, -0.15) is 0 Å². The number of nitrogens with one attached hydrogen (secondary N) is 6. The molecule has 0 aliphatic heterocycles. The van der Waals surface area contributed by atoms with E-state index in [2.05, 4.69) is 31.9 Å². The summed E-state index contributed by atoms with van der Waals surface area (Å²) in [6, 6.07) is -2.48. The van der Waals surface area contributed by atoms with E-state index in [1.54, 1.807) is 0 Å². The fourth-order valence-electron chi connectivity index (χ4n) is 4.92. The number of amides is 7. The predicted octanol–water partition coefficient (Wildman–Crippen LogP) is -3.57. The number of primary amides is 1. The Hall–Kier alpha value is -5.83. The highest BCUT2D eigenvalue weighted by molar-refractivity contribution is 5.97. The van der Waals surface area contributed by atoms with Gasteiger partial charge in [-0.15, -0.1) is 0 Å². The summed E-state index contributed by atoms with van der Waals surface area (Å²) in [7, 11) is 0. The van der Waals surface area contributed by atoms with Crippen LogP contribution in [0.3, 0.4) is 0 Å². The maximum absolute atomic E-state index is 13.2. The molecule has 306 valence electrons. The van der Waals surface area contributed by atoms with Gasteiger partial charge >= 0.3 is 11.9 Å². The third kappa shape index (κ3) is 18.2. The normalized spacial score (nSPS) is 14.1. The van der Waals surface area contributed by atoms with Crippen molar-refractivity contribution in [2.75, 3.05) is 13.1 Å². The van der Waals surface area contributed by atoms with Crippen LogP contribution in [0.15, 0.2) is 24.3 Å². The standard InChI is InChI=1S/C34H53N9O12/c1-17(2)28(33(53)42-24(34(54)55)14-19-7-9-20(44)10-8-19)43-32(52)23(15-27(47)48)40-26(46)16-38-29(49)18(3)39-31(51)22(11-12-25(37)45)41-30(50)21(36)6-4-5-13-35/h7-10,17-18,21-24,28,44H,4-6,11-16,35-36H2,1-3H3,(H2,37,45)(H,38,49)(H,39,51)(H,40,46)(H,41,50)(H,42,53)(H,43,52)(H,47,48)(H,54,55)/t18-,21-,22-,23-,24-,28-/m0/s1. The number of phenols is 1. The van der Waals surface area contributed by atoms with E-state index in [-0.39, 0.29) is 31.4 Å². The maximum atomic E-state index is 13.2. The van der Waals surface area contributed by atoms with Crippen molar-refractivity contribution in [3.05, 3.63) is 29.8 Å². The minimum Gasteiger partial charge on any atom is -0.508 e. The lowest BCUT2D eigenvalue weighted by atomic mass is 10.0. The van der Waals surface area contributed by atoms with Gasteiger partial charge in [0.25, 0.3) is 0 Å². The molecule has 0 aliphatic rings. The van der Waals surface area contributed by atoms with Crippen LogP contribution in [0.5, 0.6) is 5.75 Å².